The quantitative estimate of drug-likeness (QED) is 0.692. The summed E-state index contributed by atoms with van der Waals surface area (Å²) in [6.45, 7) is 1.02. The van der Waals surface area contributed by atoms with Gasteiger partial charge < -0.3 is 4.42 Å². The first-order valence-corrected chi connectivity index (χ1v) is 10.6. The van der Waals surface area contributed by atoms with Gasteiger partial charge in [0.25, 0.3) is 0 Å². The van der Waals surface area contributed by atoms with Crippen molar-refractivity contribution < 1.29 is 12.8 Å². The van der Waals surface area contributed by atoms with Crippen LogP contribution in [0.3, 0.4) is 0 Å². The third-order valence-corrected chi connectivity index (χ3v) is 6.79. The van der Waals surface area contributed by atoms with Crippen LogP contribution in [-0.2, 0) is 23.4 Å². The van der Waals surface area contributed by atoms with E-state index in [4.69, 9.17) is 4.42 Å². The maximum absolute atomic E-state index is 12.1. The molecule has 1 aliphatic heterocycles. The maximum atomic E-state index is 12.1. The molecule has 3 aromatic rings. The Morgan fingerprint density at radius 3 is 3.04 bits per heavy atom. The molecule has 1 fully saturated rings. The summed E-state index contributed by atoms with van der Waals surface area (Å²) in [7, 11) is -1.22. The van der Waals surface area contributed by atoms with E-state index in [0.29, 0.717) is 19.0 Å². The lowest BCUT2D eigenvalue weighted by atomic mass is 10.1. The van der Waals surface area contributed by atoms with Crippen LogP contribution in [0.4, 0.5) is 0 Å². The Morgan fingerprint density at radius 1 is 1.44 bits per heavy atom. The highest BCUT2D eigenvalue weighted by Gasteiger charge is 2.33. The molecule has 1 unspecified atom stereocenters. The van der Waals surface area contributed by atoms with Gasteiger partial charge in [0, 0.05) is 31.9 Å². The van der Waals surface area contributed by atoms with Crippen LogP contribution in [-0.4, -0.2) is 46.1 Å². The van der Waals surface area contributed by atoms with Crippen LogP contribution in [0.2, 0.25) is 0 Å². The topological polar surface area (TPSA) is 81.2 Å². The molecular formula is C16H18N4O3S2. The van der Waals surface area contributed by atoms with E-state index >= 15 is 0 Å². The molecule has 0 saturated carbocycles. The number of hydrogen-bond donors (Lipinski definition) is 0. The Labute approximate surface area is 149 Å². The van der Waals surface area contributed by atoms with E-state index in [9.17, 15) is 8.42 Å². The van der Waals surface area contributed by atoms with Gasteiger partial charge in [-0.1, -0.05) is 6.07 Å². The second-order valence-electron chi connectivity index (χ2n) is 6.17. The molecular weight excluding hydrogens is 360 g/mol. The van der Waals surface area contributed by atoms with Crippen molar-refractivity contribution in [2.75, 3.05) is 18.1 Å². The van der Waals surface area contributed by atoms with Crippen molar-refractivity contribution in [1.29, 1.82) is 0 Å². The zero-order valence-electron chi connectivity index (χ0n) is 13.7. The second kappa shape index (κ2) is 6.40. The van der Waals surface area contributed by atoms with Crippen LogP contribution >= 0.6 is 11.3 Å². The van der Waals surface area contributed by atoms with E-state index in [-0.39, 0.29) is 17.5 Å². The Hall–Kier alpha value is -1.97. The van der Waals surface area contributed by atoms with Gasteiger partial charge in [-0.15, -0.1) is 11.3 Å². The molecule has 0 aromatic carbocycles. The van der Waals surface area contributed by atoms with Gasteiger partial charge in [-0.25, -0.2) is 13.4 Å². The zero-order chi connectivity index (χ0) is 17.4. The highest BCUT2D eigenvalue weighted by molar-refractivity contribution is 7.91. The molecule has 1 atom stereocenters. The lowest BCUT2D eigenvalue weighted by Gasteiger charge is -2.34. The van der Waals surface area contributed by atoms with E-state index in [1.807, 2.05) is 30.8 Å². The third-order valence-electron chi connectivity index (χ3n) is 4.30. The van der Waals surface area contributed by atoms with E-state index in [0.717, 1.165) is 16.1 Å². The maximum Gasteiger partial charge on any atom is 0.236 e. The van der Waals surface area contributed by atoms with Gasteiger partial charge in [0.2, 0.25) is 5.89 Å². The Kier molecular flexibility index (Phi) is 4.22. The van der Waals surface area contributed by atoms with Gasteiger partial charge >= 0.3 is 0 Å². The predicted molar refractivity (Wildman–Crippen MR) is 94.8 cm³/mol. The fraction of sp³-hybridized carbons (Fsp3) is 0.375. The monoisotopic (exact) mass is 378 g/mol. The number of rotatable bonds is 4. The standard InChI is InChI=1S/C16H18N4O3S2/c1-19-8-12(7-17-19)14-11-25(21,22)6-4-20(14)9-13-10-23-16(18-13)15-3-2-5-24-15/h2-3,5,7-8,10,14H,4,6,9,11H2,1H3. The van der Waals surface area contributed by atoms with Crippen molar-refractivity contribution in [2.24, 2.45) is 7.05 Å². The summed E-state index contributed by atoms with van der Waals surface area (Å²) in [6.07, 6.45) is 5.26. The summed E-state index contributed by atoms with van der Waals surface area (Å²) < 4.78 is 31.5. The van der Waals surface area contributed by atoms with Crippen LogP contribution in [0.25, 0.3) is 10.8 Å². The van der Waals surface area contributed by atoms with Crippen LogP contribution < -0.4 is 0 Å². The van der Waals surface area contributed by atoms with Crippen molar-refractivity contribution in [2.45, 2.75) is 12.6 Å². The Bertz CT molecular complexity index is 959. The summed E-state index contributed by atoms with van der Waals surface area (Å²) in [5.74, 6) is 0.876. The van der Waals surface area contributed by atoms with E-state index in [2.05, 4.69) is 15.0 Å². The highest BCUT2D eigenvalue weighted by atomic mass is 32.2. The number of aromatic nitrogens is 3. The zero-order valence-corrected chi connectivity index (χ0v) is 15.3. The number of oxazole rings is 1. The smallest absolute Gasteiger partial charge is 0.236 e. The first kappa shape index (κ1) is 16.5. The average Bonchev–Trinajstić information content (AvgIpc) is 3.29. The highest BCUT2D eigenvalue weighted by Crippen LogP contribution is 2.29. The molecule has 4 rings (SSSR count). The van der Waals surface area contributed by atoms with Gasteiger partial charge in [0.15, 0.2) is 9.84 Å². The largest absolute Gasteiger partial charge is 0.444 e. The van der Waals surface area contributed by atoms with Gasteiger partial charge in [-0.3, -0.25) is 9.58 Å². The number of nitrogens with zero attached hydrogens (tertiary/aromatic N) is 4. The first-order valence-electron chi connectivity index (χ1n) is 7.91. The molecule has 1 aliphatic rings. The summed E-state index contributed by atoms with van der Waals surface area (Å²) in [5, 5.41) is 6.16. The van der Waals surface area contributed by atoms with Gasteiger partial charge in [0.05, 0.1) is 34.3 Å². The van der Waals surface area contributed by atoms with E-state index in [1.54, 1.807) is 28.5 Å². The Balaban J connectivity index is 1.57. The summed E-state index contributed by atoms with van der Waals surface area (Å²) in [4.78, 5) is 7.66. The number of thiophene rings is 1. The van der Waals surface area contributed by atoms with Crippen molar-refractivity contribution in [3.8, 4) is 10.8 Å². The lowest BCUT2D eigenvalue weighted by molar-refractivity contribution is 0.204. The van der Waals surface area contributed by atoms with Crippen molar-refractivity contribution in [1.82, 2.24) is 19.7 Å². The van der Waals surface area contributed by atoms with Gasteiger partial charge in [0.1, 0.15) is 6.26 Å². The predicted octanol–water partition coefficient (Wildman–Crippen LogP) is 2.11. The number of aryl methyl sites for hydroxylation is 1. The molecule has 7 nitrogen and oxygen atoms in total. The molecule has 0 spiro atoms. The minimum absolute atomic E-state index is 0.105. The van der Waals surface area contributed by atoms with Crippen LogP contribution in [0.5, 0.6) is 0 Å². The van der Waals surface area contributed by atoms with Gasteiger partial charge in [-0.05, 0) is 11.4 Å². The van der Waals surface area contributed by atoms with Crippen LogP contribution in [0.15, 0.2) is 40.6 Å². The fourth-order valence-electron chi connectivity index (χ4n) is 3.05. The molecule has 132 valence electrons. The molecule has 0 N–H and O–H groups in total. The SMILES string of the molecule is Cn1cc(C2CS(=O)(=O)CCN2Cc2coc(-c3cccs3)n2)cn1. The molecule has 0 amide bonds. The molecule has 9 heteroatoms. The third kappa shape index (κ3) is 3.53. The number of sulfone groups is 1. The van der Waals surface area contributed by atoms with Crippen molar-refractivity contribution in [3.05, 3.63) is 47.4 Å². The van der Waals surface area contributed by atoms with Crippen LogP contribution in [0, 0.1) is 0 Å². The van der Waals surface area contributed by atoms with Crippen LogP contribution in [0.1, 0.15) is 17.3 Å². The molecule has 0 aliphatic carbocycles. The molecule has 1 saturated heterocycles. The average molecular weight is 378 g/mol. The van der Waals surface area contributed by atoms with E-state index in [1.165, 1.54) is 0 Å². The molecule has 4 heterocycles. The van der Waals surface area contributed by atoms with Gasteiger partial charge in [-0.2, -0.15) is 5.10 Å². The summed E-state index contributed by atoms with van der Waals surface area (Å²) in [5.41, 5.74) is 1.71. The lowest BCUT2D eigenvalue weighted by Crippen LogP contribution is -2.42. The minimum atomic E-state index is -3.05. The molecule has 25 heavy (non-hydrogen) atoms. The summed E-state index contributed by atoms with van der Waals surface area (Å²) >= 11 is 1.58. The first-order chi connectivity index (χ1) is 12.0. The molecule has 3 aromatic heterocycles. The number of hydrogen-bond acceptors (Lipinski definition) is 7. The Morgan fingerprint density at radius 2 is 2.32 bits per heavy atom. The summed E-state index contributed by atoms with van der Waals surface area (Å²) in [6, 6.07) is 3.71. The minimum Gasteiger partial charge on any atom is -0.444 e. The fourth-order valence-corrected chi connectivity index (χ4v) is 5.27. The van der Waals surface area contributed by atoms with E-state index < -0.39 is 9.84 Å². The normalized spacial score (nSPS) is 20.8. The molecule has 0 bridgehead atoms. The van der Waals surface area contributed by atoms with Crippen molar-refractivity contribution >= 4 is 21.2 Å². The molecule has 0 radical (unpaired) electrons. The second-order valence-corrected chi connectivity index (χ2v) is 9.35. The van der Waals surface area contributed by atoms with Crippen molar-refractivity contribution in [3.63, 3.8) is 0 Å².